The Morgan fingerprint density at radius 2 is 0.938 bits per heavy atom. The highest BCUT2D eigenvalue weighted by Crippen LogP contribution is 2.17. The second-order valence-electron chi connectivity index (χ2n) is 15.0. The summed E-state index contributed by atoms with van der Waals surface area (Å²) in [6, 6.07) is 27.8. The number of benzene rings is 3. The number of carbonyl (C=O) groups is 2. The standard InChI is InChI=1S/C39H55N3O6/c1-38(2,3)27-47-36(45)40-32(22-29-16-10-7-11-17-29)34(43)25-42(24-31-20-14-9-15-21-31)26-35(44)33(23-30-18-12-8-13-19-30)41-37(46)48-28-39(4,5)6/h7-21,32-35,43-44H,22-28H2,1-6H3,(H,40,45)(H,41,46)/t32-,33-,34+,35+/m0/s1. The van der Waals surface area contributed by atoms with Gasteiger partial charge in [-0.15, -0.1) is 0 Å². The van der Waals surface area contributed by atoms with Crippen molar-refractivity contribution in [2.45, 2.75) is 85.2 Å². The lowest BCUT2D eigenvalue weighted by Gasteiger charge is -2.33. The molecule has 262 valence electrons. The molecule has 0 aromatic heterocycles. The Morgan fingerprint density at radius 1 is 0.604 bits per heavy atom. The summed E-state index contributed by atoms with van der Waals surface area (Å²) in [6.07, 6.45) is -2.46. The molecule has 0 aliphatic carbocycles. The first-order valence-corrected chi connectivity index (χ1v) is 16.7. The van der Waals surface area contributed by atoms with Gasteiger partial charge in [-0.2, -0.15) is 0 Å². The molecule has 0 saturated heterocycles. The van der Waals surface area contributed by atoms with Crippen LogP contribution in [-0.4, -0.2) is 77.9 Å². The minimum atomic E-state index is -1.01. The molecule has 0 heterocycles. The van der Waals surface area contributed by atoms with Crippen molar-refractivity contribution in [1.82, 2.24) is 15.5 Å². The van der Waals surface area contributed by atoms with Gasteiger partial charge in [0.2, 0.25) is 0 Å². The number of amides is 2. The maximum atomic E-state index is 12.9. The third kappa shape index (κ3) is 15.3. The predicted molar refractivity (Wildman–Crippen MR) is 189 cm³/mol. The van der Waals surface area contributed by atoms with Crippen LogP contribution in [0.3, 0.4) is 0 Å². The number of ether oxygens (including phenoxy) is 2. The van der Waals surface area contributed by atoms with E-state index in [1.54, 1.807) is 0 Å². The third-order valence-electron chi connectivity index (χ3n) is 7.54. The van der Waals surface area contributed by atoms with Gasteiger partial charge in [-0.05, 0) is 40.4 Å². The molecule has 0 spiro atoms. The number of nitrogens with one attached hydrogen (secondary N) is 2. The van der Waals surface area contributed by atoms with Crippen molar-refractivity contribution >= 4 is 12.2 Å². The van der Waals surface area contributed by atoms with E-state index in [0.717, 1.165) is 16.7 Å². The zero-order chi connectivity index (χ0) is 35.2. The molecule has 4 N–H and O–H groups in total. The van der Waals surface area contributed by atoms with E-state index in [0.29, 0.717) is 19.4 Å². The molecule has 0 unspecified atom stereocenters. The summed E-state index contributed by atoms with van der Waals surface area (Å²) >= 11 is 0. The number of alkyl carbamates (subject to hydrolysis) is 2. The second kappa shape index (κ2) is 18.6. The van der Waals surface area contributed by atoms with Gasteiger partial charge in [0, 0.05) is 19.6 Å². The van der Waals surface area contributed by atoms with Crippen LogP contribution >= 0.6 is 0 Å². The van der Waals surface area contributed by atoms with Crippen LogP contribution < -0.4 is 10.6 Å². The van der Waals surface area contributed by atoms with Gasteiger partial charge in [-0.25, -0.2) is 9.59 Å². The van der Waals surface area contributed by atoms with Crippen molar-refractivity contribution in [3.63, 3.8) is 0 Å². The zero-order valence-electron chi connectivity index (χ0n) is 29.4. The van der Waals surface area contributed by atoms with E-state index in [2.05, 4.69) is 10.6 Å². The fraction of sp³-hybridized carbons (Fsp3) is 0.487. The van der Waals surface area contributed by atoms with E-state index in [1.165, 1.54) is 0 Å². The number of rotatable bonds is 16. The minimum absolute atomic E-state index is 0.134. The van der Waals surface area contributed by atoms with Gasteiger partial charge >= 0.3 is 12.2 Å². The average molecular weight is 662 g/mol. The van der Waals surface area contributed by atoms with Crippen molar-refractivity contribution in [3.05, 3.63) is 108 Å². The van der Waals surface area contributed by atoms with Crippen molar-refractivity contribution in [1.29, 1.82) is 0 Å². The van der Waals surface area contributed by atoms with E-state index >= 15 is 0 Å². The van der Waals surface area contributed by atoms with E-state index in [4.69, 9.17) is 9.47 Å². The molecule has 4 atom stereocenters. The molecular formula is C39H55N3O6. The summed E-state index contributed by atoms with van der Waals surface area (Å²) in [5.41, 5.74) is 2.47. The molecular weight excluding hydrogens is 606 g/mol. The number of carbonyl (C=O) groups excluding carboxylic acids is 2. The molecule has 2 amide bonds. The van der Waals surface area contributed by atoms with E-state index in [1.807, 2.05) is 137 Å². The highest BCUT2D eigenvalue weighted by atomic mass is 16.6. The lowest BCUT2D eigenvalue weighted by molar-refractivity contribution is 0.0304. The van der Waals surface area contributed by atoms with E-state index in [-0.39, 0.29) is 37.1 Å². The molecule has 9 nitrogen and oxygen atoms in total. The number of hydrogen-bond donors (Lipinski definition) is 4. The first-order chi connectivity index (χ1) is 22.7. The van der Waals surface area contributed by atoms with Gasteiger partial charge in [0.05, 0.1) is 37.5 Å². The summed E-state index contributed by atoms with van der Waals surface area (Å²) in [5, 5.41) is 29.2. The van der Waals surface area contributed by atoms with Gasteiger partial charge < -0.3 is 30.3 Å². The van der Waals surface area contributed by atoms with Crippen molar-refractivity contribution in [2.24, 2.45) is 10.8 Å². The van der Waals surface area contributed by atoms with Crippen LogP contribution in [0.2, 0.25) is 0 Å². The molecule has 0 fully saturated rings. The quantitative estimate of drug-likeness (QED) is 0.149. The average Bonchev–Trinajstić information content (AvgIpc) is 3.03. The van der Waals surface area contributed by atoms with Crippen molar-refractivity contribution < 1.29 is 29.3 Å². The lowest BCUT2D eigenvalue weighted by atomic mass is 9.98. The summed E-state index contributed by atoms with van der Waals surface area (Å²) in [6.45, 7) is 13.0. The smallest absolute Gasteiger partial charge is 0.407 e. The molecule has 48 heavy (non-hydrogen) atoms. The molecule has 9 heteroatoms. The van der Waals surface area contributed by atoms with Crippen molar-refractivity contribution in [2.75, 3.05) is 26.3 Å². The molecule has 0 bridgehead atoms. The Labute approximate surface area is 286 Å². The Hall–Kier alpha value is -3.92. The summed E-state index contributed by atoms with van der Waals surface area (Å²) in [7, 11) is 0. The molecule has 3 aromatic carbocycles. The van der Waals surface area contributed by atoms with Gasteiger partial charge in [0.25, 0.3) is 0 Å². The highest BCUT2D eigenvalue weighted by molar-refractivity contribution is 5.68. The number of aliphatic hydroxyl groups excluding tert-OH is 2. The maximum absolute atomic E-state index is 12.9. The number of hydrogen-bond acceptors (Lipinski definition) is 7. The molecule has 0 saturated carbocycles. The van der Waals surface area contributed by atoms with Crippen LogP contribution in [0.25, 0.3) is 0 Å². The molecule has 0 radical (unpaired) electrons. The van der Waals surface area contributed by atoms with Gasteiger partial charge in [-0.1, -0.05) is 133 Å². The van der Waals surface area contributed by atoms with Crippen molar-refractivity contribution in [3.8, 4) is 0 Å². The Bertz CT molecular complexity index is 1270. The molecule has 3 aromatic rings. The molecule has 3 rings (SSSR count). The van der Waals surface area contributed by atoms with E-state index < -0.39 is 36.5 Å². The van der Waals surface area contributed by atoms with Gasteiger partial charge in [0.15, 0.2) is 0 Å². The Morgan fingerprint density at radius 3 is 1.27 bits per heavy atom. The van der Waals surface area contributed by atoms with Crippen LogP contribution in [0.1, 0.15) is 58.2 Å². The molecule has 0 aliphatic rings. The lowest BCUT2D eigenvalue weighted by Crippen LogP contribution is -2.53. The predicted octanol–water partition coefficient (Wildman–Crippen LogP) is 5.98. The number of aliphatic hydroxyl groups is 2. The first-order valence-electron chi connectivity index (χ1n) is 16.7. The molecule has 0 aliphatic heterocycles. The van der Waals surface area contributed by atoms with Crippen LogP contribution in [0, 0.1) is 10.8 Å². The summed E-state index contributed by atoms with van der Waals surface area (Å²) in [4.78, 5) is 27.7. The second-order valence-corrected chi connectivity index (χ2v) is 15.0. The van der Waals surface area contributed by atoms with E-state index in [9.17, 15) is 19.8 Å². The summed E-state index contributed by atoms with van der Waals surface area (Å²) < 4.78 is 11.0. The topological polar surface area (TPSA) is 120 Å². The maximum Gasteiger partial charge on any atom is 0.407 e. The Balaban J connectivity index is 1.83. The number of nitrogens with zero attached hydrogens (tertiary/aromatic N) is 1. The third-order valence-corrected chi connectivity index (χ3v) is 7.54. The van der Waals surface area contributed by atoms with Gasteiger partial charge in [0.1, 0.15) is 0 Å². The van der Waals surface area contributed by atoms with Crippen LogP contribution in [0.15, 0.2) is 91.0 Å². The first kappa shape index (κ1) is 38.5. The summed E-state index contributed by atoms with van der Waals surface area (Å²) in [5.74, 6) is 0. The Kier molecular flexibility index (Phi) is 14.9. The highest BCUT2D eigenvalue weighted by Gasteiger charge is 2.29. The fourth-order valence-electron chi connectivity index (χ4n) is 5.08. The normalized spacial score (nSPS) is 14.4. The monoisotopic (exact) mass is 661 g/mol. The van der Waals surface area contributed by atoms with Crippen LogP contribution in [0.4, 0.5) is 9.59 Å². The largest absolute Gasteiger partial charge is 0.449 e. The SMILES string of the molecule is CC(C)(C)COC(=O)N[C@@H](Cc1ccccc1)[C@H](O)CN(Cc1ccccc1)C[C@@H](O)[C@H](Cc1ccccc1)NC(=O)OCC(C)(C)C. The van der Waals surface area contributed by atoms with Crippen LogP contribution in [0.5, 0.6) is 0 Å². The van der Waals surface area contributed by atoms with Crippen LogP contribution in [-0.2, 0) is 28.9 Å². The fourth-order valence-corrected chi connectivity index (χ4v) is 5.08. The minimum Gasteiger partial charge on any atom is -0.449 e. The zero-order valence-corrected chi connectivity index (χ0v) is 29.4. The van der Waals surface area contributed by atoms with Gasteiger partial charge in [-0.3, -0.25) is 4.90 Å².